The van der Waals surface area contributed by atoms with Crippen LogP contribution in [0, 0.1) is 0 Å². The molecule has 3 rings (SSSR count). The highest BCUT2D eigenvalue weighted by Gasteiger charge is 2.15. The number of rotatable bonds is 7. The van der Waals surface area contributed by atoms with E-state index in [2.05, 4.69) is 11.9 Å². The van der Waals surface area contributed by atoms with Gasteiger partial charge in [-0.05, 0) is 37.1 Å². The van der Waals surface area contributed by atoms with Gasteiger partial charge in [-0.15, -0.1) is 0 Å². The molecule has 0 unspecified atom stereocenters. The maximum absolute atomic E-state index is 12.2. The second-order valence-electron chi connectivity index (χ2n) is 7.32. The molecule has 0 saturated heterocycles. The van der Waals surface area contributed by atoms with Gasteiger partial charge in [0, 0.05) is 37.0 Å². The summed E-state index contributed by atoms with van der Waals surface area (Å²) < 4.78 is 0. The van der Waals surface area contributed by atoms with E-state index in [1.165, 1.54) is 4.90 Å². The average molecular weight is 403 g/mol. The minimum atomic E-state index is -0.967. The molecule has 2 aromatic carbocycles. The maximum Gasteiger partial charge on any atom is 0.335 e. The van der Waals surface area contributed by atoms with Crippen LogP contribution in [0.2, 0.25) is 0 Å². The molecule has 0 atom stereocenters. The maximum atomic E-state index is 12.2. The lowest BCUT2D eigenvalue weighted by molar-refractivity contribution is 0.0696. The first-order valence-electron chi connectivity index (χ1n) is 9.92. The summed E-state index contributed by atoms with van der Waals surface area (Å²) >= 11 is 0. The Bertz CT molecular complexity index is 1040. The van der Waals surface area contributed by atoms with Gasteiger partial charge in [0.25, 0.3) is 5.91 Å². The van der Waals surface area contributed by atoms with Gasteiger partial charge in [0.1, 0.15) is 0 Å². The van der Waals surface area contributed by atoms with Crippen molar-refractivity contribution >= 4 is 11.9 Å². The van der Waals surface area contributed by atoms with Crippen molar-refractivity contribution in [3.8, 4) is 22.5 Å². The number of nitrogens with zero attached hydrogens (tertiary/aromatic N) is 3. The van der Waals surface area contributed by atoms with Crippen LogP contribution in [0.3, 0.4) is 0 Å². The lowest BCUT2D eigenvalue weighted by Gasteiger charge is -2.13. The molecule has 6 nitrogen and oxygen atoms in total. The van der Waals surface area contributed by atoms with E-state index in [1.807, 2.05) is 12.1 Å². The Balaban J connectivity index is 2.05. The van der Waals surface area contributed by atoms with Crippen LogP contribution in [-0.2, 0) is 6.42 Å². The number of carboxylic acid groups (broad SMARTS) is 1. The Morgan fingerprint density at radius 2 is 1.47 bits per heavy atom. The van der Waals surface area contributed by atoms with Crippen molar-refractivity contribution in [3.63, 3.8) is 0 Å². The van der Waals surface area contributed by atoms with Crippen LogP contribution in [0.5, 0.6) is 0 Å². The molecule has 3 aromatic rings. The number of hydrogen-bond donors (Lipinski definition) is 1. The van der Waals surface area contributed by atoms with Crippen molar-refractivity contribution in [2.75, 3.05) is 14.1 Å². The highest BCUT2D eigenvalue weighted by atomic mass is 16.4. The van der Waals surface area contributed by atoms with Crippen LogP contribution in [0.4, 0.5) is 0 Å². The van der Waals surface area contributed by atoms with E-state index >= 15 is 0 Å². The second kappa shape index (κ2) is 9.31. The van der Waals surface area contributed by atoms with E-state index in [4.69, 9.17) is 4.98 Å². The summed E-state index contributed by atoms with van der Waals surface area (Å²) in [6, 6.07) is 13.9. The number of aromatic carboxylic acids is 1. The molecule has 0 aliphatic rings. The monoisotopic (exact) mass is 403 g/mol. The molecule has 0 saturated carbocycles. The van der Waals surface area contributed by atoms with E-state index in [9.17, 15) is 14.7 Å². The van der Waals surface area contributed by atoms with Gasteiger partial charge in [-0.2, -0.15) is 0 Å². The molecule has 1 heterocycles. The Labute approximate surface area is 176 Å². The van der Waals surface area contributed by atoms with E-state index in [0.29, 0.717) is 17.0 Å². The third-order valence-electron chi connectivity index (χ3n) is 4.83. The lowest BCUT2D eigenvalue weighted by atomic mass is 10.0. The zero-order valence-corrected chi connectivity index (χ0v) is 17.4. The van der Waals surface area contributed by atoms with Gasteiger partial charge >= 0.3 is 5.97 Å². The van der Waals surface area contributed by atoms with Gasteiger partial charge in [0.2, 0.25) is 0 Å². The van der Waals surface area contributed by atoms with Gasteiger partial charge in [-0.3, -0.25) is 9.78 Å². The number of carbonyl (C=O) groups excluding carboxylic acids is 1. The minimum Gasteiger partial charge on any atom is -0.478 e. The summed E-state index contributed by atoms with van der Waals surface area (Å²) in [6.45, 7) is 2.13. The van der Waals surface area contributed by atoms with Gasteiger partial charge in [0.05, 0.1) is 22.6 Å². The van der Waals surface area contributed by atoms with Gasteiger partial charge in [0.15, 0.2) is 0 Å². The first kappa shape index (κ1) is 21.2. The van der Waals surface area contributed by atoms with Crippen molar-refractivity contribution in [1.29, 1.82) is 0 Å². The Morgan fingerprint density at radius 3 is 2.00 bits per heavy atom. The highest BCUT2D eigenvalue weighted by Crippen LogP contribution is 2.30. The molecule has 6 heteroatoms. The number of benzene rings is 2. The van der Waals surface area contributed by atoms with Crippen LogP contribution in [-0.4, -0.2) is 45.9 Å². The fourth-order valence-corrected chi connectivity index (χ4v) is 3.12. The Hall–Kier alpha value is -3.54. The summed E-state index contributed by atoms with van der Waals surface area (Å²) in [5.41, 5.74) is 4.77. The fourth-order valence-electron chi connectivity index (χ4n) is 3.12. The third kappa shape index (κ3) is 4.71. The number of unbranched alkanes of at least 4 members (excludes halogenated alkanes) is 1. The van der Waals surface area contributed by atoms with Crippen LogP contribution < -0.4 is 0 Å². The van der Waals surface area contributed by atoms with Crippen LogP contribution in [0.15, 0.2) is 54.7 Å². The summed E-state index contributed by atoms with van der Waals surface area (Å²) in [6.07, 6.45) is 4.71. The zero-order valence-electron chi connectivity index (χ0n) is 17.4. The molecule has 30 heavy (non-hydrogen) atoms. The number of carbonyl (C=O) groups is 2. The quantitative estimate of drug-likeness (QED) is 0.625. The van der Waals surface area contributed by atoms with E-state index in [1.54, 1.807) is 56.7 Å². The number of amides is 1. The van der Waals surface area contributed by atoms with Gasteiger partial charge < -0.3 is 10.0 Å². The van der Waals surface area contributed by atoms with Crippen LogP contribution >= 0.6 is 0 Å². The third-order valence-corrected chi connectivity index (χ3v) is 4.83. The molecule has 0 fully saturated rings. The SMILES string of the molecule is CCCCc1cnc(-c2ccc(C(=O)N(C)C)cc2)c(-c2ccc(C(=O)O)cc2)n1. The van der Waals surface area contributed by atoms with Gasteiger partial charge in [-0.1, -0.05) is 37.6 Å². The normalized spacial score (nSPS) is 10.6. The van der Waals surface area contributed by atoms with E-state index in [-0.39, 0.29) is 11.5 Å². The van der Waals surface area contributed by atoms with E-state index < -0.39 is 5.97 Å². The molecule has 0 radical (unpaired) electrons. The predicted molar refractivity (Wildman–Crippen MR) is 116 cm³/mol. The highest BCUT2D eigenvalue weighted by molar-refractivity contribution is 5.94. The molecular formula is C24H25N3O3. The zero-order chi connectivity index (χ0) is 21.7. The number of aromatic nitrogens is 2. The molecular weight excluding hydrogens is 378 g/mol. The molecule has 0 aliphatic heterocycles. The first-order valence-corrected chi connectivity index (χ1v) is 9.92. The molecule has 1 amide bonds. The lowest BCUT2D eigenvalue weighted by Crippen LogP contribution is -2.21. The fraction of sp³-hybridized carbons (Fsp3) is 0.250. The van der Waals surface area contributed by atoms with Crippen molar-refractivity contribution in [3.05, 3.63) is 71.5 Å². The average Bonchev–Trinajstić information content (AvgIpc) is 2.77. The summed E-state index contributed by atoms with van der Waals surface area (Å²) in [5.74, 6) is -1.03. The first-order chi connectivity index (χ1) is 14.4. The minimum absolute atomic E-state index is 0.0629. The summed E-state index contributed by atoms with van der Waals surface area (Å²) in [5, 5.41) is 9.17. The van der Waals surface area contributed by atoms with Crippen LogP contribution in [0.25, 0.3) is 22.5 Å². The number of carboxylic acids is 1. The number of aryl methyl sites for hydroxylation is 1. The second-order valence-corrected chi connectivity index (χ2v) is 7.32. The summed E-state index contributed by atoms with van der Waals surface area (Å²) in [4.78, 5) is 34.4. The molecule has 0 aliphatic carbocycles. The van der Waals surface area contributed by atoms with E-state index in [0.717, 1.165) is 36.1 Å². The predicted octanol–water partition coefficient (Wildman–Crippen LogP) is 4.55. The van der Waals surface area contributed by atoms with Gasteiger partial charge in [-0.25, -0.2) is 9.78 Å². The van der Waals surface area contributed by atoms with Crippen molar-refractivity contribution in [1.82, 2.24) is 14.9 Å². The molecule has 1 N–H and O–H groups in total. The number of hydrogen-bond acceptors (Lipinski definition) is 4. The standard InChI is InChI=1S/C24H25N3O3/c1-4-5-6-20-15-25-21(16-7-11-18(12-8-16)23(28)27(2)3)22(26-20)17-9-13-19(14-10-17)24(29)30/h7-15H,4-6H2,1-3H3,(H,29,30). The molecule has 1 aromatic heterocycles. The molecule has 0 spiro atoms. The van der Waals surface area contributed by atoms with Crippen LogP contribution in [0.1, 0.15) is 46.2 Å². The smallest absolute Gasteiger partial charge is 0.335 e. The molecule has 154 valence electrons. The van der Waals surface area contributed by atoms with Crippen molar-refractivity contribution < 1.29 is 14.7 Å². The largest absolute Gasteiger partial charge is 0.478 e. The summed E-state index contributed by atoms with van der Waals surface area (Å²) in [7, 11) is 3.44. The van der Waals surface area contributed by atoms with Crippen molar-refractivity contribution in [2.45, 2.75) is 26.2 Å². The Kier molecular flexibility index (Phi) is 6.57. The topological polar surface area (TPSA) is 83.4 Å². The van der Waals surface area contributed by atoms with Crippen molar-refractivity contribution in [2.24, 2.45) is 0 Å². The Morgan fingerprint density at radius 1 is 0.900 bits per heavy atom. The molecule has 0 bridgehead atoms.